The standard InChI is InChI=1S/C13H13BrN2O3/c1-18-12-4-8(7-17)2-3-11(12)19-13-10(15)5-9(14)6-16-13/h2-6,17H,7,15H2,1H3. The first kappa shape index (κ1) is 13.6. The van der Waals surface area contributed by atoms with Gasteiger partial charge in [0.1, 0.15) is 0 Å². The molecule has 2 rings (SSSR count). The molecule has 0 atom stereocenters. The van der Waals surface area contributed by atoms with Crippen LogP contribution in [0.2, 0.25) is 0 Å². The summed E-state index contributed by atoms with van der Waals surface area (Å²) in [6.07, 6.45) is 1.60. The van der Waals surface area contributed by atoms with E-state index < -0.39 is 0 Å². The fourth-order valence-electron chi connectivity index (χ4n) is 1.53. The van der Waals surface area contributed by atoms with E-state index in [4.69, 9.17) is 20.3 Å². The number of ether oxygens (including phenoxy) is 2. The van der Waals surface area contributed by atoms with E-state index in [0.717, 1.165) is 10.0 Å². The number of aliphatic hydroxyl groups is 1. The van der Waals surface area contributed by atoms with Crippen LogP contribution in [0, 0.1) is 0 Å². The number of aromatic nitrogens is 1. The second-order valence-corrected chi connectivity index (χ2v) is 4.71. The molecule has 100 valence electrons. The first-order valence-electron chi connectivity index (χ1n) is 5.50. The molecule has 1 aromatic carbocycles. The highest BCUT2D eigenvalue weighted by Gasteiger charge is 2.10. The molecule has 0 radical (unpaired) electrons. The minimum atomic E-state index is -0.0602. The van der Waals surface area contributed by atoms with Crippen molar-refractivity contribution in [3.63, 3.8) is 0 Å². The zero-order chi connectivity index (χ0) is 13.8. The van der Waals surface area contributed by atoms with E-state index in [-0.39, 0.29) is 6.61 Å². The third kappa shape index (κ3) is 3.15. The molecule has 0 aliphatic carbocycles. The van der Waals surface area contributed by atoms with Crippen molar-refractivity contribution in [3.05, 3.63) is 40.5 Å². The molecule has 0 unspecified atom stereocenters. The Morgan fingerprint density at radius 3 is 2.74 bits per heavy atom. The number of rotatable bonds is 4. The van der Waals surface area contributed by atoms with E-state index in [1.165, 1.54) is 7.11 Å². The van der Waals surface area contributed by atoms with Crippen molar-refractivity contribution >= 4 is 21.6 Å². The van der Waals surface area contributed by atoms with Gasteiger partial charge in [-0.2, -0.15) is 0 Å². The monoisotopic (exact) mass is 324 g/mol. The molecular weight excluding hydrogens is 312 g/mol. The lowest BCUT2D eigenvalue weighted by molar-refractivity contribution is 0.280. The number of aliphatic hydroxyl groups excluding tert-OH is 1. The summed E-state index contributed by atoms with van der Waals surface area (Å²) in [6, 6.07) is 6.85. The molecule has 0 saturated carbocycles. The van der Waals surface area contributed by atoms with Crippen LogP contribution in [0.25, 0.3) is 0 Å². The van der Waals surface area contributed by atoms with Gasteiger partial charge in [0.15, 0.2) is 11.5 Å². The summed E-state index contributed by atoms with van der Waals surface area (Å²) in [5.41, 5.74) is 6.97. The zero-order valence-electron chi connectivity index (χ0n) is 10.3. The summed E-state index contributed by atoms with van der Waals surface area (Å²) in [4.78, 5) is 4.09. The topological polar surface area (TPSA) is 77.6 Å². The summed E-state index contributed by atoms with van der Waals surface area (Å²) in [6.45, 7) is -0.0602. The third-order valence-electron chi connectivity index (χ3n) is 2.46. The van der Waals surface area contributed by atoms with Gasteiger partial charge in [-0.3, -0.25) is 0 Å². The van der Waals surface area contributed by atoms with Gasteiger partial charge in [-0.1, -0.05) is 6.07 Å². The van der Waals surface area contributed by atoms with Crippen LogP contribution in [0.5, 0.6) is 17.4 Å². The number of hydrogen-bond acceptors (Lipinski definition) is 5. The summed E-state index contributed by atoms with van der Waals surface area (Å²) < 4.78 is 11.6. The number of nitrogen functional groups attached to an aromatic ring is 1. The van der Waals surface area contributed by atoms with Crippen molar-refractivity contribution in [1.82, 2.24) is 4.98 Å². The largest absolute Gasteiger partial charge is 0.493 e. The first-order chi connectivity index (χ1) is 9.13. The number of anilines is 1. The maximum absolute atomic E-state index is 9.08. The number of benzene rings is 1. The Hall–Kier alpha value is -1.79. The summed E-state index contributed by atoms with van der Waals surface area (Å²) in [7, 11) is 1.53. The molecule has 0 aliphatic rings. The van der Waals surface area contributed by atoms with Crippen LogP contribution in [0.4, 0.5) is 5.69 Å². The average molecular weight is 325 g/mol. The van der Waals surface area contributed by atoms with Gasteiger partial charge >= 0.3 is 0 Å². The van der Waals surface area contributed by atoms with Crippen LogP contribution >= 0.6 is 15.9 Å². The minimum absolute atomic E-state index is 0.0602. The van der Waals surface area contributed by atoms with Crippen molar-refractivity contribution < 1.29 is 14.6 Å². The van der Waals surface area contributed by atoms with Gasteiger partial charge in [0.05, 0.1) is 19.4 Å². The maximum atomic E-state index is 9.08. The molecule has 0 bridgehead atoms. The van der Waals surface area contributed by atoms with E-state index in [1.54, 1.807) is 30.5 Å². The molecule has 0 amide bonds. The lowest BCUT2D eigenvalue weighted by Gasteiger charge is -2.12. The van der Waals surface area contributed by atoms with Gasteiger partial charge < -0.3 is 20.3 Å². The second-order valence-electron chi connectivity index (χ2n) is 3.79. The highest BCUT2D eigenvalue weighted by Crippen LogP contribution is 2.34. The van der Waals surface area contributed by atoms with Gasteiger partial charge in [-0.05, 0) is 39.7 Å². The fraction of sp³-hybridized carbons (Fsp3) is 0.154. The molecular formula is C13H13BrN2O3. The van der Waals surface area contributed by atoms with E-state index >= 15 is 0 Å². The molecule has 0 aliphatic heterocycles. The number of methoxy groups -OCH3 is 1. The van der Waals surface area contributed by atoms with Gasteiger partial charge in [-0.25, -0.2) is 4.98 Å². The van der Waals surface area contributed by atoms with Crippen molar-refractivity contribution in [1.29, 1.82) is 0 Å². The molecule has 0 saturated heterocycles. The van der Waals surface area contributed by atoms with Crippen LogP contribution in [0.1, 0.15) is 5.56 Å². The Morgan fingerprint density at radius 2 is 2.11 bits per heavy atom. The average Bonchev–Trinajstić information content (AvgIpc) is 2.42. The lowest BCUT2D eigenvalue weighted by Crippen LogP contribution is -1.97. The quantitative estimate of drug-likeness (QED) is 0.904. The molecule has 1 heterocycles. The maximum Gasteiger partial charge on any atom is 0.242 e. The predicted octanol–water partition coefficient (Wildman–Crippen LogP) is 2.72. The molecule has 0 spiro atoms. The van der Waals surface area contributed by atoms with Crippen LogP contribution in [0.15, 0.2) is 34.9 Å². The summed E-state index contributed by atoms with van der Waals surface area (Å²) in [5, 5.41) is 9.08. The van der Waals surface area contributed by atoms with Crippen molar-refractivity contribution in [2.24, 2.45) is 0 Å². The Bertz CT molecular complexity index is 590. The second kappa shape index (κ2) is 5.90. The highest BCUT2D eigenvalue weighted by atomic mass is 79.9. The molecule has 2 aromatic rings. The number of halogens is 1. The van der Waals surface area contributed by atoms with Crippen LogP contribution in [-0.4, -0.2) is 17.2 Å². The predicted molar refractivity (Wildman–Crippen MR) is 75.3 cm³/mol. The van der Waals surface area contributed by atoms with E-state index in [2.05, 4.69) is 20.9 Å². The molecule has 3 N–H and O–H groups in total. The number of nitrogens with zero attached hydrogens (tertiary/aromatic N) is 1. The minimum Gasteiger partial charge on any atom is -0.493 e. The number of nitrogens with two attached hydrogens (primary N) is 1. The van der Waals surface area contributed by atoms with Crippen LogP contribution in [0.3, 0.4) is 0 Å². The zero-order valence-corrected chi connectivity index (χ0v) is 11.8. The Morgan fingerprint density at radius 1 is 1.32 bits per heavy atom. The van der Waals surface area contributed by atoms with E-state index in [9.17, 15) is 0 Å². The smallest absolute Gasteiger partial charge is 0.242 e. The SMILES string of the molecule is COc1cc(CO)ccc1Oc1ncc(Br)cc1N. The van der Waals surface area contributed by atoms with Gasteiger partial charge in [0, 0.05) is 10.7 Å². The normalized spacial score (nSPS) is 10.3. The highest BCUT2D eigenvalue weighted by molar-refractivity contribution is 9.10. The van der Waals surface area contributed by atoms with Gasteiger partial charge in [0.2, 0.25) is 5.88 Å². The summed E-state index contributed by atoms with van der Waals surface area (Å²) >= 11 is 3.28. The fourth-order valence-corrected chi connectivity index (χ4v) is 1.88. The molecule has 1 aromatic heterocycles. The molecule has 19 heavy (non-hydrogen) atoms. The summed E-state index contributed by atoms with van der Waals surface area (Å²) in [5.74, 6) is 1.30. The van der Waals surface area contributed by atoms with Crippen molar-refractivity contribution in [3.8, 4) is 17.4 Å². The lowest BCUT2D eigenvalue weighted by atomic mass is 10.2. The van der Waals surface area contributed by atoms with E-state index in [1.807, 2.05) is 0 Å². The van der Waals surface area contributed by atoms with Crippen molar-refractivity contribution in [2.45, 2.75) is 6.61 Å². The number of hydrogen-bond donors (Lipinski definition) is 2. The number of pyridine rings is 1. The van der Waals surface area contributed by atoms with E-state index in [0.29, 0.717) is 23.1 Å². The Kier molecular flexibility index (Phi) is 4.24. The van der Waals surface area contributed by atoms with Gasteiger partial charge in [-0.15, -0.1) is 0 Å². The molecule has 6 heteroatoms. The van der Waals surface area contributed by atoms with Crippen LogP contribution in [-0.2, 0) is 6.61 Å². The molecule has 0 fully saturated rings. The Labute approximate surface area is 119 Å². The Balaban J connectivity index is 2.32. The molecule has 5 nitrogen and oxygen atoms in total. The first-order valence-corrected chi connectivity index (χ1v) is 6.30. The van der Waals surface area contributed by atoms with Gasteiger partial charge in [0.25, 0.3) is 0 Å². The van der Waals surface area contributed by atoms with Crippen molar-refractivity contribution in [2.75, 3.05) is 12.8 Å². The third-order valence-corrected chi connectivity index (χ3v) is 2.90. The van der Waals surface area contributed by atoms with Crippen LogP contribution < -0.4 is 15.2 Å².